The highest BCUT2D eigenvalue weighted by Crippen LogP contribution is 2.28. The Morgan fingerprint density at radius 2 is 2.39 bits per heavy atom. The molecule has 0 unspecified atom stereocenters. The van der Waals surface area contributed by atoms with Crippen molar-refractivity contribution in [1.82, 2.24) is 9.97 Å². The van der Waals surface area contributed by atoms with Crippen molar-refractivity contribution in [2.45, 2.75) is 6.22 Å². The van der Waals surface area contributed by atoms with Crippen molar-refractivity contribution in [2.24, 2.45) is 0 Å². The summed E-state index contributed by atoms with van der Waals surface area (Å²) in [5, 5.41) is 2.97. The maximum atomic E-state index is 5.34. The van der Waals surface area contributed by atoms with E-state index in [2.05, 4.69) is 16.0 Å². The molecule has 0 saturated carbocycles. The number of nitrogens with zero attached hydrogens (tertiary/aromatic N) is 2. The normalized spacial score (nSPS) is 13.7. The Bertz CT molecular complexity index is 531. The molecular weight excluding hydrogens is 239 g/mol. The second-order valence-corrected chi connectivity index (χ2v) is 5.54. The fraction of sp³-hybridized carbons (Fsp3) is 0.200. The van der Waals surface area contributed by atoms with Crippen LogP contribution in [0.3, 0.4) is 0 Å². The molecule has 0 amide bonds. The molecule has 18 heavy (non-hydrogen) atoms. The van der Waals surface area contributed by atoms with Crippen molar-refractivity contribution in [3.63, 3.8) is 0 Å². The van der Waals surface area contributed by atoms with Gasteiger partial charge in [0.2, 0.25) is 5.88 Å². The minimum absolute atomic E-state index is 0.669. The molecule has 3 heterocycles. The van der Waals surface area contributed by atoms with Gasteiger partial charge < -0.3 is 4.74 Å². The summed E-state index contributed by atoms with van der Waals surface area (Å²) in [6.45, 7) is 0.669. The lowest BCUT2D eigenvalue weighted by Crippen LogP contribution is -2.39. The Kier molecular flexibility index (Phi) is 3.45. The molecule has 3 nitrogen and oxygen atoms in total. The van der Waals surface area contributed by atoms with Crippen LogP contribution in [0, 0.1) is 0 Å². The summed E-state index contributed by atoms with van der Waals surface area (Å²) in [6.07, 6.45) is 5.12. The highest BCUT2D eigenvalue weighted by Gasteiger charge is 2.25. The van der Waals surface area contributed by atoms with E-state index in [-0.39, 0.29) is 0 Å². The van der Waals surface area contributed by atoms with Crippen molar-refractivity contribution in [3.8, 4) is 16.5 Å². The number of hydrogen-bond donors (Lipinski definition) is 0. The van der Waals surface area contributed by atoms with Gasteiger partial charge in [-0.2, -0.15) is 0 Å². The summed E-state index contributed by atoms with van der Waals surface area (Å²) in [5.74, 6) is 0.673. The van der Waals surface area contributed by atoms with E-state index in [0.717, 1.165) is 10.6 Å². The molecule has 0 aliphatic carbocycles. The zero-order valence-corrected chi connectivity index (χ0v) is 11.2. The van der Waals surface area contributed by atoms with Crippen LogP contribution >= 0.6 is 11.3 Å². The number of aromatic nitrogens is 2. The summed E-state index contributed by atoms with van der Waals surface area (Å²) in [6, 6.07) is 2.21. The van der Waals surface area contributed by atoms with Gasteiger partial charge in [-0.15, -0.1) is 17.6 Å². The van der Waals surface area contributed by atoms with Crippen molar-refractivity contribution < 1.29 is 4.74 Å². The molecular formula is C10H12B4N2OS. The molecule has 0 bridgehead atoms. The number of rotatable bonds is 3. The smallest absolute Gasteiger partial charge is 0.223 e. The molecule has 8 heteroatoms. The van der Waals surface area contributed by atoms with Gasteiger partial charge in [-0.05, 0) is 0 Å². The first-order valence-corrected chi connectivity index (χ1v) is 7.20. The molecule has 3 rings (SSSR count). The molecule has 0 spiro atoms. The number of thiazole rings is 1. The summed E-state index contributed by atoms with van der Waals surface area (Å²) in [5.41, 5.74) is 2.36. The third kappa shape index (κ3) is 2.21. The van der Waals surface area contributed by atoms with Crippen LogP contribution < -0.4 is 10.2 Å². The molecule has 1 aliphatic heterocycles. The molecule has 0 N–H and O–H groups in total. The summed E-state index contributed by atoms with van der Waals surface area (Å²) < 4.78 is 5.34. The van der Waals surface area contributed by atoms with Gasteiger partial charge in [0.25, 0.3) is 0 Å². The maximum Gasteiger partial charge on any atom is 0.223 e. The number of methoxy groups -OCH3 is 1. The van der Waals surface area contributed by atoms with E-state index < -0.39 is 0 Å². The van der Waals surface area contributed by atoms with Crippen LogP contribution in [-0.4, -0.2) is 45.0 Å². The zero-order valence-electron chi connectivity index (χ0n) is 10.4. The largest absolute Gasteiger partial charge is 0.480 e. The predicted octanol–water partition coefficient (Wildman–Crippen LogP) is -0.477. The number of pyridine rings is 1. The van der Waals surface area contributed by atoms with E-state index in [4.69, 9.17) is 4.74 Å². The monoisotopic (exact) mass is 252 g/mol. The van der Waals surface area contributed by atoms with Gasteiger partial charge in [-0.1, -0.05) is 11.5 Å². The fourth-order valence-corrected chi connectivity index (χ4v) is 3.27. The standard InChI is InChI=1S/C10H12B4N2OS/c1-17-9-8(10-15-2-3-18-10)4-7(5-16-9)14-12-6-11-13-14/h2-5,11-13H,6H2,1H3. The average Bonchev–Trinajstić information content (AvgIpc) is 3.11. The molecule has 86 valence electrons. The summed E-state index contributed by atoms with van der Waals surface area (Å²) in [4.78, 5) is 8.80. The Balaban J connectivity index is 2.01. The Labute approximate surface area is 113 Å². The summed E-state index contributed by atoms with van der Waals surface area (Å²) >= 11 is 1.63. The van der Waals surface area contributed by atoms with E-state index >= 15 is 0 Å². The van der Waals surface area contributed by atoms with Gasteiger partial charge in [0.1, 0.15) is 11.5 Å². The van der Waals surface area contributed by atoms with Gasteiger partial charge in [0.05, 0.1) is 34.1 Å². The predicted molar refractivity (Wildman–Crippen MR) is 83.5 cm³/mol. The van der Waals surface area contributed by atoms with Crippen molar-refractivity contribution >= 4 is 44.7 Å². The first-order chi connectivity index (χ1) is 8.88. The van der Waals surface area contributed by atoms with Crippen molar-refractivity contribution in [2.75, 3.05) is 7.11 Å². The molecule has 0 atom stereocenters. The summed E-state index contributed by atoms with van der Waals surface area (Å²) in [7, 11) is 5.56. The van der Waals surface area contributed by atoms with Crippen LogP contribution in [-0.2, 0) is 0 Å². The van der Waals surface area contributed by atoms with Crippen LogP contribution in [0.2, 0.25) is 6.22 Å². The quantitative estimate of drug-likeness (QED) is 0.692. The van der Waals surface area contributed by atoms with Crippen LogP contribution in [0.4, 0.5) is 0 Å². The Morgan fingerprint density at radius 3 is 3.06 bits per heavy atom. The molecule has 0 radical (unpaired) electrons. The lowest BCUT2D eigenvalue weighted by Gasteiger charge is -2.10. The van der Waals surface area contributed by atoms with Crippen LogP contribution in [0.1, 0.15) is 0 Å². The molecule has 2 aromatic heterocycles. The van der Waals surface area contributed by atoms with Crippen LogP contribution in [0.15, 0.2) is 23.8 Å². The minimum Gasteiger partial charge on any atom is -0.480 e. The highest BCUT2D eigenvalue weighted by atomic mass is 32.1. The molecule has 1 aliphatic rings. The van der Waals surface area contributed by atoms with E-state index in [1.54, 1.807) is 18.4 Å². The molecule has 0 aromatic carbocycles. The van der Waals surface area contributed by atoms with Gasteiger partial charge in [0.15, 0.2) is 0 Å². The van der Waals surface area contributed by atoms with Gasteiger partial charge in [0, 0.05) is 17.8 Å². The van der Waals surface area contributed by atoms with Crippen LogP contribution in [0.5, 0.6) is 5.88 Å². The van der Waals surface area contributed by atoms with E-state index in [0.29, 0.717) is 12.4 Å². The third-order valence-corrected chi connectivity index (χ3v) is 4.36. The molecule has 1 saturated heterocycles. The van der Waals surface area contributed by atoms with Crippen molar-refractivity contribution in [1.29, 1.82) is 0 Å². The van der Waals surface area contributed by atoms with Gasteiger partial charge in [-0.25, -0.2) is 9.97 Å². The number of ether oxygens (including phenoxy) is 1. The maximum absolute atomic E-state index is 5.34. The SMILES string of the molecule is COc1ncc(B2BBCB2)cc1-c1nccs1. The van der Waals surface area contributed by atoms with Gasteiger partial charge in [-0.3, -0.25) is 0 Å². The fourth-order valence-electron chi connectivity index (χ4n) is 2.62. The van der Waals surface area contributed by atoms with E-state index in [1.807, 2.05) is 17.8 Å². The second-order valence-electron chi connectivity index (χ2n) is 4.64. The number of hydrogen-bond acceptors (Lipinski definition) is 4. The Hall–Kier alpha value is -1.16. The second kappa shape index (κ2) is 5.22. The van der Waals surface area contributed by atoms with E-state index in [1.165, 1.54) is 33.1 Å². The molecule has 2 aromatic rings. The zero-order chi connectivity index (χ0) is 12.4. The van der Waals surface area contributed by atoms with Gasteiger partial charge >= 0.3 is 0 Å². The topological polar surface area (TPSA) is 35.0 Å². The third-order valence-electron chi connectivity index (χ3n) is 3.55. The highest BCUT2D eigenvalue weighted by molar-refractivity contribution is 7.61. The average molecular weight is 252 g/mol. The van der Waals surface area contributed by atoms with E-state index in [9.17, 15) is 0 Å². The lowest BCUT2D eigenvalue weighted by atomic mass is 9.03. The van der Waals surface area contributed by atoms with Crippen molar-refractivity contribution in [3.05, 3.63) is 23.8 Å². The minimum atomic E-state index is 0.669. The van der Waals surface area contributed by atoms with Crippen LogP contribution in [0.25, 0.3) is 10.6 Å². The molecule has 1 fully saturated rings. The first-order valence-electron chi connectivity index (χ1n) is 6.32. The lowest BCUT2D eigenvalue weighted by molar-refractivity contribution is 0.400. The Morgan fingerprint density at radius 1 is 1.44 bits per heavy atom. The first kappa shape index (κ1) is 11.9.